The Bertz CT molecular complexity index is 766. The number of anilines is 2. The molecule has 1 aliphatic heterocycles. The fraction of sp³-hybridized carbons (Fsp3) is 0.409. The van der Waals surface area contributed by atoms with Crippen LogP contribution in [0.15, 0.2) is 42.5 Å². The highest BCUT2D eigenvalue weighted by atomic mass is 16.5. The Labute approximate surface area is 161 Å². The first-order valence-corrected chi connectivity index (χ1v) is 9.55. The fourth-order valence-corrected chi connectivity index (χ4v) is 3.33. The zero-order valence-corrected chi connectivity index (χ0v) is 16.5. The van der Waals surface area contributed by atoms with Crippen molar-refractivity contribution >= 4 is 17.3 Å². The van der Waals surface area contributed by atoms with Crippen LogP contribution in [-0.2, 0) is 4.79 Å². The Morgan fingerprint density at radius 1 is 1.00 bits per heavy atom. The van der Waals surface area contributed by atoms with E-state index in [2.05, 4.69) is 54.4 Å². The number of aryl methyl sites for hydroxylation is 2. The van der Waals surface area contributed by atoms with Crippen molar-refractivity contribution < 1.29 is 9.53 Å². The van der Waals surface area contributed by atoms with Crippen LogP contribution in [0.3, 0.4) is 0 Å². The topological polar surface area (TPSA) is 44.8 Å². The third-order valence-electron chi connectivity index (χ3n) is 5.24. The van der Waals surface area contributed by atoms with Gasteiger partial charge in [0.15, 0.2) is 0 Å². The SMILES string of the molecule is COc1ccc(N2CCN(C(=O)CCNc3ccc(C)c(C)c3)CC2)cc1. The van der Waals surface area contributed by atoms with Crippen molar-refractivity contribution in [1.82, 2.24) is 4.90 Å². The summed E-state index contributed by atoms with van der Waals surface area (Å²) in [5.74, 6) is 1.09. The summed E-state index contributed by atoms with van der Waals surface area (Å²) in [6, 6.07) is 14.4. The molecule has 3 rings (SSSR count). The van der Waals surface area contributed by atoms with E-state index < -0.39 is 0 Å². The number of carbonyl (C=O) groups is 1. The average Bonchev–Trinajstić information content (AvgIpc) is 2.71. The Hall–Kier alpha value is -2.69. The van der Waals surface area contributed by atoms with Crippen LogP contribution in [0.1, 0.15) is 17.5 Å². The zero-order valence-electron chi connectivity index (χ0n) is 16.5. The molecule has 1 aliphatic rings. The monoisotopic (exact) mass is 367 g/mol. The van der Waals surface area contributed by atoms with Gasteiger partial charge in [0.1, 0.15) is 5.75 Å². The highest BCUT2D eigenvalue weighted by Gasteiger charge is 2.20. The van der Waals surface area contributed by atoms with Crippen molar-refractivity contribution in [1.29, 1.82) is 0 Å². The minimum Gasteiger partial charge on any atom is -0.497 e. The number of piperazine rings is 1. The zero-order chi connectivity index (χ0) is 19.2. The molecule has 1 fully saturated rings. The summed E-state index contributed by atoms with van der Waals surface area (Å²) >= 11 is 0. The third kappa shape index (κ3) is 4.94. The third-order valence-corrected chi connectivity index (χ3v) is 5.24. The molecule has 0 spiro atoms. The predicted molar refractivity (Wildman–Crippen MR) is 111 cm³/mol. The second-order valence-electron chi connectivity index (χ2n) is 7.04. The fourth-order valence-electron chi connectivity index (χ4n) is 3.33. The molecule has 5 heteroatoms. The van der Waals surface area contributed by atoms with Gasteiger partial charge in [-0.3, -0.25) is 4.79 Å². The lowest BCUT2D eigenvalue weighted by molar-refractivity contribution is -0.131. The molecule has 27 heavy (non-hydrogen) atoms. The minimum atomic E-state index is 0.223. The van der Waals surface area contributed by atoms with Crippen molar-refractivity contribution in [3.63, 3.8) is 0 Å². The van der Waals surface area contributed by atoms with E-state index in [-0.39, 0.29) is 5.91 Å². The number of hydrogen-bond acceptors (Lipinski definition) is 4. The van der Waals surface area contributed by atoms with Crippen molar-refractivity contribution in [2.45, 2.75) is 20.3 Å². The van der Waals surface area contributed by atoms with Crippen LogP contribution in [0.2, 0.25) is 0 Å². The largest absolute Gasteiger partial charge is 0.497 e. The van der Waals surface area contributed by atoms with Gasteiger partial charge in [-0.05, 0) is 61.4 Å². The molecule has 0 saturated carbocycles. The first-order chi connectivity index (χ1) is 13.1. The first-order valence-electron chi connectivity index (χ1n) is 9.55. The van der Waals surface area contributed by atoms with E-state index >= 15 is 0 Å². The molecule has 0 aromatic heterocycles. The van der Waals surface area contributed by atoms with Crippen LogP contribution in [0, 0.1) is 13.8 Å². The molecular weight excluding hydrogens is 338 g/mol. The van der Waals surface area contributed by atoms with E-state index in [0.717, 1.165) is 37.6 Å². The summed E-state index contributed by atoms with van der Waals surface area (Å²) in [7, 11) is 1.67. The maximum atomic E-state index is 12.5. The summed E-state index contributed by atoms with van der Waals surface area (Å²) in [4.78, 5) is 16.8. The Morgan fingerprint density at radius 2 is 1.70 bits per heavy atom. The van der Waals surface area contributed by atoms with Crippen LogP contribution in [0.4, 0.5) is 11.4 Å². The minimum absolute atomic E-state index is 0.223. The van der Waals surface area contributed by atoms with E-state index in [1.165, 1.54) is 16.8 Å². The van der Waals surface area contributed by atoms with E-state index in [0.29, 0.717) is 13.0 Å². The lowest BCUT2D eigenvalue weighted by atomic mass is 10.1. The van der Waals surface area contributed by atoms with Gasteiger partial charge in [-0.25, -0.2) is 0 Å². The molecule has 2 aromatic rings. The van der Waals surface area contributed by atoms with Gasteiger partial charge in [-0.15, -0.1) is 0 Å². The number of benzene rings is 2. The van der Waals surface area contributed by atoms with Gasteiger partial charge in [0.05, 0.1) is 7.11 Å². The quantitative estimate of drug-likeness (QED) is 0.849. The summed E-state index contributed by atoms with van der Waals surface area (Å²) in [5.41, 5.74) is 4.81. The van der Waals surface area contributed by atoms with Gasteiger partial charge in [0.2, 0.25) is 5.91 Å². The number of carbonyl (C=O) groups excluding carboxylic acids is 1. The van der Waals surface area contributed by atoms with Crippen LogP contribution >= 0.6 is 0 Å². The van der Waals surface area contributed by atoms with E-state index in [1.54, 1.807) is 7.11 Å². The molecule has 0 atom stereocenters. The summed E-state index contributed by atoms with van der Waals surface area (Å²) in [5, 5.41) is 3.36. The molecule has 0 aliphatic carbocycles. The molecule has 0 radical (unpaired) electrons. The van der Waals surface area contributed by atoms with Gasteiger partial charge in [0, 0.05) is 50.5 Å². The highest BCUT2D eigenvalue weighted by Crippen LogP contribution is 2.20. The van der Waals surface area contributed by atoms with E-state index in [4.69, 9.17) is 4.74 Å². The van der Waals surface area contributed by atoms with Crippen LogP contribution in [0.25, 0.3) is 0 Å². The second-order valence-corrected chi connectivity index (χ2v) is 7.04. The smallest absolute Gasteiger partial charge is 0.224 e. The molecule has 1 N–H and O–H groups in total. The van der Waals surface area contributed by atoms with Gasteiger partial charge in [-0.2, -0.15) is 0 Å². The molecule has 144 valence electrons. The number of nitrogens with zero attached hydrogens (tertiary/aromatic N) is 2. The maximum Gasteiger partial charge on any atom is 0.224 e. The summed E-state index contributed by atoms with van der Waals surface area (Å²) in [6.07, 6.45) is 0.523. The van der Waals surface area contributed by atoms with Gasteiger partial charge in [-0.1, -0.05) is 6.07 Å². The number of ether oxygens (including phenoxy) is 1. The first kappa shape index (κ1) is 19.1. The second kappa shape index (κ2) is 8.80. The van der Waals surface area contributed by atoms with E-state index in [1.807, 2.05) is 17.0 Å². The molecule has 1 saturated heterocycles. The van der Waals surface area contributed by atoms with Crippen molar-refractivity contribution in [2.75, 3.05) is 50.1 Å². The van der Waals surface area contributed by atoms with Crippen LogP contribution in [-0.4, -0.2) is 50.6 Å². The number of nitrogens with one attached hydrogen (secondary N) is 1. The Kier molecular flexibility index (Phi) is 6.22. The Morgan fingerprint density at radius 3 is 2.33 bits per heavy atom. The average molecular weight is 367 g/mol. The predicted octanol–water partition coefficient (Wildman–Crippen LogP) is 3.46. The molecule has 1 heterocycles. The molecule has 0 unspecified atom stereocenters. The van der Waals surface area contributed by atoms with Crippen LogP contribution < -0.4 is 15.0 Å². The van der Waals surface area contributed by atoms with Crippen molar-refractivity contribution in [2.24, 2.45) is 0 Å². The molecular formula is C22H29N3O2. The normalized spacial score (nSPS) is 14.2. The number of hydrogen-bond donors (Lipinski definition) is 1. The Balaban J connectivity index is 1.43. The number of amides is 1. The lowest BCUT2D eigenvalue weighted by Crippen LogP contribution is -2.49. The number of methoxy groups -OCH3 is 1. The number of rotatable bonds is 6. The molecule has 1 amide bonds. The standard InChI is InChI=1S/C22H29N3O2/c1-17-4-5-19(16-18(17)2)23-11-10-22(26)25-14-12-24(13-15-25)20-6-8-21(27-3)9-7-20/h4-9,16,23H,10-15H2,1-3H3. The highest BCUT2D eigenvalue weighted by molar-refractivity contribution is 5.77. The van der Waals surface area contributed by atoms with Gasteiger partial charge in [0.25, 0.3) is 0 Å². The van der Waals surface area contributed by atoms with Gasteiger partial charge >= 0.3 is 0 Å². The molecule has 2 aromatic carbocycles. The van der Waals surface area contributed by atoms with Crippen molar-refractivity contribution in [3.05, 3.63) is 53.6 Å². The van der Waals surface area contributed by atoms with Gasteiger partial charge < -0.3 is 19.9 Å². The maximum absolute atomic E-state index is 12.5. The molecule has 0 bridgehead atoms. The summed E-state index contributed by atoms with van der Waals surface area (Å²) < 4.78 is 5.21. The molecule has 5 nitrogen and oxygen atoms in total. The van der Waals surface area contributed by atoms with E-state index in [9.17, 15) is 4.79 Å². The van der Waals surface area contributed by atoms with Crippen molar-refractivity contribution in [3.8, 4) is 5.75 Å². The lowest BCUT2D eigenvalue weighted by Gasteiger charge is -2.36. The summed E-state index contributed by atoms with van der Waals surface area (Å²) in [6.45, 7) is 8.15. The van der Waals surface area contributed by atoms with Crippen LogP contribution in [0.5, 0.6) is 5.75 Å².